The maximum atomic E-state index is 13.1. The summed E-state index contributed by atoms with van der Waals surface area (Å²) in [7, 11) is 0. The first kappa shape index (κ1) is 15.5. The Labute approximate surface area is 133 Å². The van der Waals surface area contributed by atoms with Gasteiger partial charge in [0.1, 0.15) is 17.7 Å². The summed E-state index contributed by atoms with van der Waals surface area (Å²) in [4.78, 5) is 12.3. The van der Waals surface area contributed by atoms with E-state index in [9.17, 15) is 9.18 Å². The average molecular weight is 318 g/mol. The molecule has 3 rings (SSSR count). The van der Waals surface area contributed by atoms with Crippen molar-refractivity contribution in [3.8, 4) is 5.75 Å². The van der Waals surface area contributed by atoms with Crippen molar-refractivity contribution in [3.05, 3.63) is 47.0 Å². The van der Waals surface area contributed by atoms with Crippen LogP contribution >= 0.6 is 0 Å². The molecule has 0 radical (unpaired) electrons. The number of carbonyl (C=O) groups excluding carboxylic acids is 1. The molecule has 2 aromatic rings. The highest BCUT2D eigenvalue weighted by molar-refractivity contribution is 5.94. The van der Waals surface area contributed by atoms with Crippen LogP contribution in [-0.4, -0.2) is 35.3 Å². The quantitative estimate of drug-likeness (QED) is 0.778. The van der Waals surface area contributed by atoms with Gasteiger partial charge in [-0.2, -0.15) is 5.10 Å². The second-order valence-corrected chi connectivity index (χ2v) is 5.55. The summed E-state index contributed by atoms with van der Waals surface area (Å²) < 4.78 is 18.7. The topological polar surface area (TPSA) is 79.0 Å². The lowest BCUT2D eigenvalue weighted by Gasteiger charge is -2.16. The molecule has 0 saturated heterocycles. The molecule has 1 aliphatic heterocycles. The zero-order valence-corrected chi connectivity index (χ0v) is 12.9. The van der Waals surface area contributed by atoms with Crippen LogP contribution in [0, 0.1) is 5.82 Å². The molecule has 23 heavy (non-hydrogen) atoms. The Hall–Kier alpha value is -2.41. The summed E-state index contributed by atoms with van der Waals surface area (Å²) >= 11 is 0. The second kappa shape index (κ2) is 6.78. The minimum Gasteiger partial charge on any atom is -0.489 e. The summed E-state index contributed by atoms with van der Waals surface area (Å²) in [6.45, 7) is 3.65. The van der Waals surface area contributed by atoms with Gasteiger partial charge in [-0.05, 0) is 19.1 Å². The average Bonchev–Trinajstić information content (AvgIpc) is 2.97. The fraction of sp³-hybridized carbons (Fsp3) is 0.375. The largest absolute Gasteiger partial charge is 0.489 e. The van der Waals surface area contributed by atoms with E-state index in [0.717, 1.165) is 24.2 Å². The Balaban J connectivity index is 1.55. The Bertz CT molecular complexity index is 701. The van der Waals surface area contributed by atoms with Crippen LogP contribution in [0.5, 0.6) is 5.75 Å². The lowest BCUT2D eigenvalue weighted by atomic mass is 10.1. The van der Waals surface area contributed by atoms with Crippen molar-refractivity contribution in [1.82, 2.24) is 20.8 Å². The molecule has 1 aliphatic rings. The number of halogens is 1. The molecule has 0 fully saturated rings. The molecule has 1 aromatic heterocycles. The number of amides is 1. The van der Waals surface area contributed by atoms with Gasteiger partial charge in [0.25, 0.3) is 5.91 Å². The number of benzene rings is 1. The number of aromatic amines is 1. The number of nitrogens with zero attached hydrogens (tertiary/aromatic N) is 1. The number of fused-ring (bicyclic) bond motifs is 1. The number of nitrogens with one attached hydrogen (secondary N) is 3. The number of aromatic nitrogens is 2. The first-order valence-electron chi connectivity index (χ1n) is 7.60. The highest BCUT2D eigenvalue weighted by Crippen LogP contribution is 2.16. The fourth-order valence-electron chi connectivity index (χ4n) is 2.55. The van der Waals surface area contributed by atoms with E-state index in [1.807, 2.05) is 6.92 Å². The normalized spacial score (nSPS) is 14.9. The van der Waals surface area contributed by atoms with Crippen LogP contribution < -0.4 is 15.4 Å². The molecule has 0 bridgehead atoms. The molecule has 1 aromatic carbocycles. The van der Waals surface area contributed by atoms with Crippen LogP contribution in [-0.2, 0) is 13.0 Å². The van der Waals surface area contributed by atoms with Crippen LogP contribution in [0.25, 0.3) is 0 Å². The molecule has 1 unspecified atom stereocenters. The summed E-state index contributed by atoms with van der Waals surface area (Å²) in [5, 5.41) is 13.0. The summed E-state index contributed by atoms with van der Waals surface area (Å²) in [5.41, 5.74) is 2.36. The van der Waals surface area contributed by atoms with Crippen molar-refractivity contribution in [3.63, 3.8) is 0 Å². The molecule has 0 saturated carbocycles. The number of ether oxygens (including phenoxy) is 1. The SMILES string of the molecule is CC(CNC(=O)c1n[nH]c2c1CNCC2)Oc1cccc(F)c1. The van der Waals surface area contributed by atoms with Crippen LogP contribution in [0.1, 0.15) is 28.7 Å². The predicted octanol–water partition coefficient (Wildman–Crippen LogP) is 1.39. The maximum Gasteiger partial charge on any atom is 0.272 e. The molecule has 1 amide bonds. The third-order valence-corrected chi connectivity index (χ3v) is 3.70. The third kappa shape index (κ3) is 3.68. The first-order valence-corrected chi connectivity index (χ1v) is 7.60. The van der Waals surface area contributed by atoms with Crippen molar-refractivity contribution < 1.29 is 13.9 Å². The van der Waals surface area contributed by atoms with E-state index >= 15 is 0 Å². The molecule has 122 valence electrons. The summed E-state index contributed by atoms with van der Waals surface area (Å²) in [6, 6.07) is 5.93. The Kier molecular flexibility index (Phi) is 4.57. The molecule has 1 atom stereocenters. The van der Waals surface area contributed by atoms with Gasteiger partial charge in [-0.15, -0.1) is 0 Å². The smallest absolute Gasteiger partial charge is 0.272 e. The predicted molar refractivity (Wildman–Crippen MR) is 82.8 cm³/mol. The van der Waals surface area contributed by atoms with E-state index in [1.54, 1.807) is 12.1 Å². The first-order chi connectivity index (χ1) is 11.1. The van der Waals surface area contributed by atoms with Gasteiger partial charge in [0.15, 0.2) is 5.69 Å². The van der Waals surface area contributed by atoms with Gasteiger partial charge in [-0.1, -0.05) is 6.07 Å². The number of rotatable bonds is 5. The van der Waals surface area contributed by atoms with E-state index in [4.69, 9.17) is 4.74 Å². The van der Waals surface area contributed by atoms with E-state index in [0.29, 0.717) is 24.5 Å². The van der Waals surface area contributed by atoms with Crippen molar-refractivity contribution in [1.29, 1.82) is 0 Å². The van der Waals surface area contributed by atoms with Crippen LogP contribution in [0.15, 0.2) is 24.3 Å². The molecule has 6 nitrogen and oxygen atoms in total. The van der Waals surface area contributed by atoms with Crippen LogP contribution in [0.4, 0.5) is 4.39 Å². The molecule has 0 aliphatic carbocycles. The molecule has 3 N–H and O–H groups in total. The maximum absolute atomic E-state index is 13.1. The van der Waals surface area contributed by atoms with Gasteiger partial charge in [0.05, 0.1) is 6.54 Å². The number of hydrogen-bond donors (Lipinski definition) is 3. The van der Waals surface area contributed by atoms with Crippen molar-refractivity contribution in [2.75, 3.05) is 13.1 Å². The van der Waals surface area contributed by atoms with Gasteiger partial charge in [-0.3, -0.25) is 9.89 Å². The molecule has 2 heterocycles. The Morgan fingerprint density at radius 3 is 3.22 bits per heavy atom. The van der Waals surface area contributed by atoms with Gasteiger partial charge < -0.3 is 15.4 Å². The standard InChI is InChI=1S/C16H19FN4O2/c1-10(23-12-4-2-3-11(17)7-12)8-19-16(22)15-13-9-18-6-5-14(13)20-21-15/h2-4,7,10,18H,5-6,8-9H2,1H3,(H,19,22)(H,20,21). The second-order valence-electron chi connectivity index (χ2n) is 5.55. The van der Waals surface area contributed by atoms with E-state index in [2.05, 4.69) is 20.8 Å². The zero-order valence-electron chi connectivity index (χ0n) is 12.9. The molecular weight excluding hydrogens is 299 g/mol. The fourth-order valence-corrected chi connectivity index (χ4v) is 2.55. The minimum absolute atomic E-state index is 0.235. The van der Waals surface area contributed by atoms with E-state index in [1.165, 1.54) is 12.1 Å². The zero-order chi connectivity index (χ0) is 16.2. The summed E-state index contributed by atoms with van der Waals surface area (Å²) in [6.07, 6.45) is 0.558. The highest BCUT2D eigenvalue weighted by Gasteiger charge is 2.21. The molecular formula is C16H19FN4O2. The van der Waals surface area contributed by atoms with Gasteiger partial charge >= 0.3 is 0 Å². The lowest BCUT2D eigenvalue weighted by molar-refractivity contribution is 0.0926. The number of carbonyl (C=O) groups is 1. The van der Waals surface area contributed by atoms with Gasteiger partial charge in [0, 0.05) is 36.8 Å². The van der Waals surface area contributed by atoms with E-state index in [-0.39, 0.29) is 17.8 Å². The van der Waals surface area contributed by atoms with Gasteiger partial charge in [0.2, 0.25) is 0 Å². The molecule has 0 spiro atoms. The van der Waals surface area contributed by atoms with Crippen LogP contribution in [0.3, 0.4) is 0 Å². The van der Waals surface area contributed by atoms with Crippen molar-refractivity contribution in [2.24, 2.45) is 0 Å². The van der Waals surface area contributed by atoms with Crippen LogP contribution in [0.2, 0.25) is 0 Å². The van der Waals surface area contributed by atoms with Crippen molar-refractivity contribution in [2.45, 2.75) is 26.0 Å². The Morgan fingerprint density at radius 2 is 2.39 bits per heavy atom. The van der Waals surface area contributed by atoms with E-state index < -0.39 is 0 Å². The number of hydrogen-bond acceptors (Lipinski definition) is 4. The van der Waals surface area contributed by atoms with Gasteiger partial charge in [-0.25, -0.2) is 4.39 Å². The highest BCUT2D eigenvalue weighted by atomic mass is 19.1. The minimum atomic E-state index is -0.352. The van der Waals surface area contributed by atoms with Crippen molar-refractivity contribution >= 4 is 5.91 Å². The number of H-pyrrole nitrogens is 1. The lowest BCUT2D eigenvalue weighted by Crippen LogP contribution is -2.35. The summed E-state index contributed by atoms with van der Waals surface area (Å²) in [5.74, 6) is -0.150. The Morgan fingerprint density at radius 1 is 1.52 bits per heavy atom. The third-order valence-electron chi connectivity index (χ3n) is 3.70. The monoisotopic (exact) mass is 318 g/mol. The molecule has 7 heteroatoms.